The third kappa shape index (κ3) is 6.08. The minimum Gasteiger partial charge on any atom is -0.380 e. The fraction of sp³-hybridized carbons (Fsp3) is 0.316. The number of aryl methyl sites for hydroxylation is 2. The minimum absolute atomic E-state index is 0.0222. The first-order chi connectivity index (χ1) is 11.1. The molecule has 0 aliphatic rings. The molecule has 0 saturated heterocycles. The Hall–Kier alpha value is -1.78. The lowest BCUT2D eigenvalue weighted by Crippen LogP contribution is -2.14. The van der Waals surface area contributed by atoms with Gasteiger partial charge in [-0.2, -0.15) is 0 Å². The van der Waals surface area contributed by atoms with Crippen molar-refractivity contribution in [3.05, 3.63) is 64.7 Å². The van der Waals surface area contributed by atoms with E-state index < -0.39 is 0 Å². The molecule has 0 radical (unpaired) electrons. The Morgan fingerprint density at radius 1 is 1.09 bits per heavy atom. The van der Waals surface area contributed by atoms with Gasteiger partial charge in [0.1, 0.15) is 0 Å². The van der Waals surface area contributed by atoms with E-state index in [-0.39, 0.29) is 5.91 Å². The van der Waals surface area contributed by atoms with Crippen molar-refractivity contribution in [2.45, 2.75) is 26.2 Å². The lowest BCUT2D eigenvalue weighted by molar-refractivity contribution is -0.113. The van der Waals surface area contributed by atoms with E-state index in [0.29, 0.717) is 12.4 Å². The molecular formula is C19H23NO2S. The van der Waals surface area contributed by atoms with Gasteiger partial charge in [-0.1, -0.05) is 41.5 Å². The molecule has 0 spiro atoms. The highest BCUT2D eigenvalue weighted by Gasteiger charge is 2.04. The van der Waals surface area contributed by atoms with Crippen LogP contribution in [0.15, 0.2) is 42.5 Å². The number of hydrogen-bond acceptors (Lipinski definition) is 3. The van der Waals surface area contributed by atoms with Gasteiger partial charge in [-0.05, 0) is 37.1 Å². The van der Waals surface area contributed by atoms with Crippen molar-refractivity contribution in [2.75, 3.05) is 18.2 Å². The molecule has 2 aromatic carbocycles. The van der Waals surface area contributed by atoms with E-state index in [2.05, 4.69) is 37.4 Å². The van der Waals surface area contributed by atoms with Crippen molar-refractivity contribution in [1.29, 1.82) is 0 Å². The predicted molar refractivity (Wildman–Crippen MR) is 97.9 cm³/mol. The Bertz CT molecular complexity index is 650. The summed E-state index contributed by atoms with van der Waals surface area (Å²) in [6.07, 6.45) is 0. The predicted octanol–water partition coefficient (Wildman–Crippen LogP) is 4.32. The summed E-state index contributed by atoms with van der Waals surface area (Å²) in [5.41, 5.74) is 5.66. The van der Waals surface area contributed by atoms with Crippen molar-refractivity contribution in [3.8, 4) is 0 Å². The number of hydrogen-bond donors (Lipinski definition) is 1. The Labute approximate surface area is 142 Å². The summed E-state index contributed by atoms with van der Waals surface area (Å²) in [6.45, 7) is 4.74. The molecule has 0 bridgehead atoms. The quantitative estimate of drug-likeness (QED) is 0.822. The van der Waals surface area contributed by atoms with E-state index in [9.17, 15) is 4.79 Å². The van der Waals surface area contributed by atoms with Gasteiger partial charge in [0.2, 0.25) is 5.91 Å². The van der Waals surface area contributed by atoms with E-state index in [1.165, 1.54) is 16.7 Å². The first-order valence-corrected chi connectivity index (χ1v) is 8.75. The second kappa shape index (κ2) is 8.75. The van der Waals surface area contributed by atoms with Crippen molar-refractivity contribution >= 4 is 23.4 Å². The molecule has 0 heterocycles. The molecule has 4 heteroatoms. The highest BCUT2D eigenvalue weighted by atomic mass is 32.2. The molecule has 0 unspecified atom stereocenters. The highest BCUT2D eigenvalue weighted by Crippen LogP contribution is 2.17. The molecule has 1 N–H and O–H groups in total. The largest absolute Gasteiger partial charge is 0.380 e. The summed E-state index contributed by atoms with van der Waals surface area (Å²) in [6, 6.07) is 14.2. The Kier molecular flexibility index (Phi) is 6.68. The van der Waals surface area contributed by atoms with Gasteiger partial charge < -0.3 is 10.1 Å². The zero-order valence-electron chi connectivity index (χ0n) is 13.9. The summed E-state index contributed by atoms with van der Waals surface area (Å²) in [4.78, 5) is 12.0. The summed E-state index contributed by atoms with van der Waals surface area (Å²) >= 11 is 1.63. The monoisotopic (exact) mass is 329 g/mol. The van der Waals surface area contributed by atoms with Crippen LogP contribution in [0.1, 0.15) is 22.3 Å². The average Bonchev–Trinajstić information content (AvgIpc) is 2.47. The third-order valence-corrected chi connectivity index (χ3v) is 4.31. The molecule has 3 nitrogen and oxygen atoms in total. The standard InChI is InChI=1S/C19H23NO2S/c1-14-7-15(2)9-17(8-14)12-23-13-19(21)20-18-6-4-5-16(10-18)11-22-3/h4-10H,11-13H2,1-3H3,(H,20,21). The van der Waals surface area contributed by atoms with Crippen molar-refractivity contribution in [1.82, 2.24) is 0 Å². The van der Waals surface area contributed by atoms with Gasteiger partial charge in [-0.25, -0.2) is 0 Å². The number of rotatable bonds is 7. The molecule has 2 aromatic rings. The van der Waals surface area contributed by atoms with E-state index in [4.69, 9.17) is 4.74 Å². The summed E-state index contributed by atoms with van der Waals surface area (Å²) in [5.74, 6) is 1.31. The number of ether oxygens (including phenoxy) is 1. The molecule has 0 saturated carbocycles. The highest BCUT2D eigenvalue weighted by molar-refractivity contribution is 7.99. The van der Waals surface area contributed by atoms with Crippen LogP contribution in [0.5, 0.6) is 0 Å². The molecule has 0 aromatic heterocycles. The van der Waals surface area contributed by atoms with Crippen LogP contribution in [0.25, 0.3) is 0 Å². The lowest BCUT2D eigenvalue weighted by Gasteiger charge is -2.08. The molecule has 0 atom stereocenters. The second-order valence-corrected chi connectivity index (χ2v) is 6.66. The van der Waals surface area contributed by atoms with Crippen molar-refractivity contribution in [3.63, 3.8) is 0 Å². The first kappa shape index (κ1) is 17.6. The summed E-state index contributed by atoms with van der Waals surface area (Å²) in [7, 11) is 1.66. The fourth-order valence-corrected chi connectivity index (χ4v) is 3.28. The minimum atomic E-state index is 0.0222. The Morgan fingerprint density at radius 3 is 2.52 bits per heavy atom. The maximum absolute atomic E-state index is 12.0. The normalized spacial score (nSPS) is 10.6. The van der Waals surface area contributed by atoms with Gasteiger partial charge in [-0.15, -0.1) is 11.8 Å². The van der Waals surface area contributed by atoms with Crippen LogP contribution in [0.4, 0.5) is 5.69 Å². The molecule has 2 rings (SSSR count). The van der Waals surface area contributed by atoms with Crippen LogP contribution in [-0.4, -0.2) is 18.8 Å². The number of nitrogens with one attached hydrogen (secondary N) is 1. The third-order valence-electron chi connectivity index (χ3n) is 3.31. The van der Waals surface area contributed by atoms with Crippen molar-refractivity contribution in [2.24, 2.45) is 0 Å². The van der Waals surface area contributed by atoms with Crippen LogP contribution in [-0.2, 0) is 21.9 Å². The van der Waals surface area contributed by atoms with Crippen LogP contribution >= 0.6 is 11.8 Å². The molecule has 1 amide bonds. The van der Waals surface area contributed by atoms with E-state index in [0.717, 1.165) is 17.0 Å². The number of carbonyl (C=O) groups excluding carboxylic acids is 1. The van der Waals surface area contributed by atoms with Gasteiger partial charge in [0, 0.05) is 18.6 Å². The smallest absolute Gasteiger partial charge is 0.234 e. The molecule has 0 aliphatic heterocycles. The van der Waals surface area contributed by atoms with Crippen LogP contribution in [0, 0.1) is 13.8 Å². The van der Waals surface area contributed by atoms with E-state index in [1.54, 1.807) is 18.9 Å². The fourth-order valence-electron chi connectivity index (χ4n) is 2.52. The zero-order valence-corrected chi connectivity index (χ0v) is 14.7. The Balaban J connectivity index is 1.82. The van der Waals surface area contributed by atoms with E-state index >= 15 is 0 Å². The average molecular weight is 329 g/mol. The number of methoxy groups -OCH3 is 1. The maximum atomic E-state index is 12.0. The molecule has 122 valence electrons. The number of carbonyl (C=O) groups is 1. The number of thioether (sulfide) groups is 1. The number of amides is 1. The SMILES string of the molecule is COCc1cccc(NC(=O)CSCc2cc(C)cc(C)c2)c1. The summed E-state index contributed by atoms with van der Waals surface area (Å²) in [5, 5.41) is 2.93. The first-order valence-electron chi connectivity index (χ1n) is 7.59. The molecule has 0 aliphatic carbocycles. The van der Waals surface area contributed by atoms with Crippen LogP contribution in [0.2, 0.25) is 0 Å². The zero-order chi connectivity index (χ0) is 16.7. The van der Waals surface area contributed by atoms with Gasteiger partial charge in [0.05, 0.1) is 12.4 Å². The van der Waals surface area contributed by atoms with E-state index in [1.807, 2.05) is 24.3 Å². The molecule has 0 fully saturated rings. The van der Waals surface area contributed by atoms with Crippen LogP contribution in [0.3, 0.4) is 0 Å². The number of anilines is 1. The topological polar surface area (TPSA) is 38.3 Å². The van der Waals surface area contributed by atoms with Crippen molar-refractivity contribution < 1.29 is 9.53 Å². The van der Waals surface area contributed by atoms with Gasteiger partial charge in [0.15, 0.2) is 0 Å². The van der Waals surface area contributed by atoms with Gasteiger partial charge >= 0.3 is 0 Å². The van der Waals surface area contributed by atoms with Crippen LogP contribution < -0.4 is 5.32 Å². The lowest BCUT2D eigenvalue weighted by atomic mass is 10.1. The molecule has 23 heavy (non-hydrogen) atoms. The van der Waals surface area contributed by atoms with Gasteiger partial charge in [0.25, 0.3) is 0 Å². The Morgan fingerprint density at radius 2 is 1.83 bits per heavy atom. The maximum Gasteiger partial charge on any atom is 0.234 e. The number of benzene rings is 2. The molecular weight excluding hydrogens is 306 g/mol. The van der Waals surface area contributed by atoms with Gasteiger partial charge in [-0.3, -0.25) is 4.79 Å². The summed E-state index contributed by atoms with van der Waals surface area (Å²) < 4.78 is 5.10. The second-order valence-electron chi connectivity index (χ2n) is 5.67.